The van der Waals surface area contributed by atoms with Gasteiger partial charge in [-0.3, -0.25) is 0 Å². The van der Waals surface area contributed by atoms with E-state index < -0.39 is 0 Å². The van der Waals surface area contributed by atoms with Crippen LogP contribution in [0.4, 0.5) is 0 Å². The molecular weight excluding hydrogens is 440 g/mol. The number of halogens is 1. The Morgan fingerprint density at radius 1 is 1.12 bits per heavy atom. The zero-order chi connectivity index (χ0) is 23.6. The van der Waals surface area contributed by atoms with Crippen LogP contribution in [-0.4, -0.2) is 41.0 Å². The summed E-state index contributed by atoms with van der Waals surface area (Å²) in [6.07, 6.45) is 3.53. The highest BCUT2D eigenvalue weighted by molar-refractivity contribution is 6.30. The zero-order valence-corrected chi connectivity index (χ0v) is 20.0. The lowest BCUT2D eigenvalue weighted by molar-refractivity contribution is 0.0601. The number of unbranched alkanes of at least 4 members (excludes halogenated alkanes) is 1. The number of methoxy groups -OCH3 is 1. The number of carbonyl (C=O) groups excluding carboxylic acids is 1. The van der Waals surface area contributed by atoms with Crippen LogP contribution in [-0.2, 0) is 29.0 Å². The number of aliphatic hydroxyl groups is 1. The molecule has 0 spiro atoms. The quantitative estimate of drug-likeness (QED) is 0.288. The summed E-state index contributed by atoms with van der Waals surface area (Å²) < 4.78 is 12.8. The molecule has 6 nitrogen and oxygen atoms in total. The highest BCUT2D eigenvalue weighted by Gasteiger charge is 2.17. The van der Waals surface area contributed by atoms with Gasteiger partial charge in [0.25, 0.3) is 0 Å². The molecule has 0 aliphatic heterocycles. The molecule has 0 saturated carbocycles. The monoisotopic (exact) mass is 470 g/mol. The summed E-state index contributed by atoms with van der Waals surface area (Å²) in [6, 6.07) is 15.6. The summed E-state index contributed by atoms with van der Waals surface area (Å²) in [4.78, 5) is 16.7. The van der Waals surface area contributed by atoms with Crippen LogP contribution in [0.2, 0.25) is 5.15 Å². The van der Waals surface area contributed by atoms with E-state index in [4.69, 9.17) is 26.2 Å². The van der Waals surface area contributed by atoms with Crippen LogP contribution in [0, 0.1) is 0 Å². The van der Waals surface area contributed by atoms with Crippen LogP contribution in [0.5, 0.6) is 0 Å². The van der Waals surface area contributed by atoms with Crippen molar-refractivity contribution in [2.75, 3.05) is 20.3 Å². The Hall–Kier alpha value is -2.67. The molecule has 0 fully saturated rings. The number of esters is 1. The third kappa shape index (κ3) is 6.44. The predicted molar refractivity (Wildman–Crippen MR) is 130 cm³/mol. The molecule has 3 rings (SSSR count). The molecule has 1 heterocycles. The number of carbonyl (C=O) groups is 1. The fourth-order valence-electron chi connectivity index (χ4n) is 3.69. The smallest absolute Gasteiger partial charge is 0.338 e. The topological polar surface area (TPSA) is 73.6 Å². The molecule has 0 amide bonds. The number of benzene rings is 2. The molecule has 33 heavy (non-hydrogen) atoms. The lowest BCUT2D eigenvalue weighted by Gasteiger charge is -2.14. The molecule has 0 saturated heterocycles. The van der Waals surface area contributed by atoms with Crippen LogP contribution < -0.4 is 0 Å². The number of hydrogen-bond donors (Lipinski definition) is 1. The van der Waals surface area contributed by atoms with E-state index in [1.165, 1.54) is 7.11 Å². The number of ether oxygens (including phenoxy) is 2. The minimum Gasteiger partial charge on any atom is -0.465 e. The Bertz CT molecular complexity index is 1050. The van der Waals surface area contributed by atoms with Crippen molar-refractivity contribution in [1.29, 1.82) is 0 Å². The molecule has 7 heteroatoms. The number of hydrogen-bond acceptors (Lipinski definition) is 5. The lowest BCUT2D eigenvalue weighted by Crippen LogP contribution is -2.11. The number of aliphatic hydroxyl groups excluding tert-OH is 1. The van der Waals surface area contributed by atoms with E-state index >= 15 is 0 Å². The number of aromatic nitrogens is 2. The number of rotatable bonds is 12. The van der Waals surface area contributed by atoms with Gasteiger partial charge in [-0.25, -0.2) is 9.78 Å². The van der Waals surface area contributed by atoms with Gasteiger partial charge in [-0.15, -0.1) is 0 Å². The van der Waals surface area contributed by atoms with Crippen molar-refractivity contribution >= 4 is 17.6 Å². The van der Waals surface area contributed by atoms with E-state index in [2.05, 4.69) is 28.6 Å². The SMILES string of the molecule is CCCCc1nc(Cl)c(COCCCO)n1Cc1ccc(-c2ccccc2C(=O)OC)cc1. The van der Waals surface area contributed by atoms with E-state index in [-0.39, 0.29) is 12.6 Å². The first kappa shape index (κ1) is 25.0. The fraction of sp³-hybridized carbons (Fsp3) is 0.385. The molecule has 176 valence electrons. The van der Waals surface area contributed by atoms with Gasteiger partial charge in [0.05, 0.1) is 25.0 Å². The van der Waals surface area contributed by atoms with Gasteiger partial charge in [0.1, 0.15) is 5.82 Å². The maximum absolute atomic E-state index is 12.1. The molecule has 1 aromatic heterocycles. The maximum atomic E-state index is 12.1. The van der Waals surface area contributed by atoms with Crippen LogP contribution in [0.3, 0.4) is 0 Å². The van der Waals surface area contributed by atoms with E-state index in [1.807, 2.05) is 30.3 Å². The Balaban J connectivity index is 1.85. The zero-order valence-electron chi connectivity index (χ0n) is 19.2. The summed E-state index contributed by atoms with van der Waals surface area (Å²) in [6.45, 7) is 3.69. The van der Waals surface area contributed by atoms with Crippen LogP contribution >= 0.6 is 11.6 Å². The van der Waals surface area contributed by atoms with Crippen molar-refractivity contribution in [1.82, 2.24) is 9.55 Å². The van der Waals surface area contributed by atoms with Gasteiger partial charge in [-0.1, -0.05) is 67.4 Å². The predicted octanol–water partition coefficient (Wildman–Crippen LogP) is 5.28. The van der Waals surface area contributed by atoms with Gasteiger partial charge in [-0.2, -0.15) is 0 Å². The van der Waals surface area contributed by atoms with Crippen LogP contribution in [0.1, 0.15) is 53.6 Å². The minimum atomic E-state index is -0.353. The summed E-state index contributed by atoms with van der Waals surface area (Å²) in [7, 11) is 1.39. The Morgan fingerprint density at radius 3 is 2.58 bits per heavy atom. The van der Waals surface area contributed by atoms with Crippen molar-refractivity contribution in [2.45, 2.75) is 45.8 Å². The summed E-state index contributed by atoms with van der Waals surface area (Å²) in [5.74, 6) is 0.594. The Kier molecular flexibility index (Phi) is 9.48. The van der Waals surface area contributed by atoms with Gasteiger partial charge in [0.15, 0.2) is 5.15 Å². The third-order valence-electron chi connectivity index (χ3n) is 5.48. The molecular formula is C26H31ClN2O4. The molecule has 0 atom stereocenters. The number of nitrogens with zero attached hydrogens (tertiary/aromatic N) is 2. The Morgan fingerprint density at radius 2 is 1.88 bits per heavy atom. The highest BCUT2D eigenvalue weighted by Crippen LogP contribution is 2.26. The molecule has 0 aliphatic carbocycles. The van der Waals surface area contributed by atoms with Crippen LogP contribution in [0.15, 0.2) is 48.5 Å². The number of aryl methyl sites for hydroxylation is 1. The van der Waals surface area contributed by atoms with E-state index in [1.54, 1.807) is 6.07 Å². The molecule has 1 N–H and O–H groups in total. The lowest BCUT2D eigenvalue weighted by atomic mass is 9.98. The van der Waals surface area contributed by atoms with Crippen molar-refractivity contribution in [3.05, 3.63) is 76.3 Å². The molecule has 0 radical (unpaired) electrons. The van der Waals surface area contributed by atoms with Gasteiger partial charge >= 0.3 is 5.97 Å². The van der Waals surface area contributed by atoms with Gasteiger partial charge in [0, 0.05) is 26.2 Å². The van der Waals surface area contributed by atoms with Crippen molar-refractivity contribution in [3.8, 4) is 11.1 Å². The third-order valence-corrected chi connectivity index (χ3v) is 5.78. The largest absolute Gasteiger partial charge is 0.465 e. The highest BCUT2D eigenvalue weighted by atomic mass is 35.5. The number of imidazole rings is 1. The van der Waals surface area contributed by atoms with Gasteiger partial charge < -0.3 is 19.1 Å². The standard InChI is InChI=1S/C26H31ClN2O4/c1-3-4-10-24-28-25(27)23(18-33-16-7-15-30)29(24)17-19-11-13-20(14-12-19)21-8-5-6-9-22(21)26(31)32-2/h5-6,8-9,11-14,30H,3-4,7,10,15-18H2,1-2H3. The minimum absolute atomic E-state index is 0.0974. The summed E-state index contributed by atoms with van der Waals surface area (Å²) >= 11 is 6.47. The van der Waals surface area contributed by atoms with Gasteiger partial charge in [-0.05, 0) is 35.6 Å². The first-order valence-corrected chi connectivity index (χ1v) is 11.7. The van der Waals surface area contributed by atoms with Crippen molar-refractivity contribution in [3.63, 3.8) is 0 Å². The molecule has 3 aromatic rings. The normalized spacial score (nSPS) is 11.0. The molecule has 0 unspecified atom stereocenters. The fourth-order valence-corrected chi connectivity index (χ4v) is 3.94. The van der Waals surface area contributed by atoms with Crippen molar-refractivity contribution < 1.29 is 19.4 Å². The molecule has 2 aromatic carbocycles. The molecule has 0 bridgehead atoms. The van der Waals surface area contributed by atoms with E-state index in [0.29, 0.717) is 36.9 Å². The first-order chi connectivity index (χ1) is 16.1. The van der Waals surface area contributed by atoms with E-state index in [9.17, 15) is 4.79 Å². The Labute approximate surface area is 200 Å². The van der Waals surface area contributed by atoms with Crippen LogP contribution in [0.25, 0.3) is 11.1 Å². The molecule has 0 aliphatic rings. The van der Waals surface area contributed by atoms with Crippen molar-refractivity contribution in [2.24, 2.45) is 0 Å². The summed E-state index contributed by atoms with van der Waals surface area (Å²) in [5, 5.41) is 9.45. The second kappa shape index (κ2) is 12.5. The average Bonchev–Trinajstić information content (AvgIpc) is 3.14. The second-order valence-corrected chi connectivity index (χ2v) is 8.18. The second-order valence-electron chi connectivity index (χ2n) is 7.82. The summed E-state index contributed by atoms with van der Waals surface area (Å²) in [5.41, 5.74) is 4.27. The maximum Gasteiger partial charge on any atom is 0.338 e. The average molecular weight is 471 g/mol. The van der Waals surface area contributed by atoms with E-state index in [0.717, 1.165) is 47.5 Å². The van der Waals surface area contributed by atoms with Gasteiger partial charge in [0.2, 0.25) is 0 Å². The first-order valence-electron chi connectivity index (χ1n) is 11.3.